The lowest BCUT2D eigenvalue weighted by Crippen LogP contribution is -2.43. The molecule has 2 aromatic rings. The number of nitrogens with zero attached hydrogens (tertiary/aromatic N) is 2. The Morgan fingerprint density at radius 2 is 2.28 bits per heavy atom. The first-order chi connectivity index (χ1) is 8.74. The second-order valence-electron chi connectivity index (χ2n) is 4.87. The molecular weight excluding hydrogens is 226 g/mol. The van der Waals surface area contributed by atoms with Gasteiger partial charge in [-0.15, -0.1) is 0 Å². The SMILES string of the molecule is CN1CCNC(c2ccnc3ccc(O)cc23)C1. The number of pyridine rings is 1. The highest BCUT2D eigenvalue weighted by Crippen LogP contribution is 2.27. The van der Waals surface area contributed by atoms with Crippen LogP contribution in [0.25, 0.3) is 10.9 Å². The van der Waals surface area contributed by atoms with E-state index in [4.69, 9.17) is 0 Å². The average molecular weight is 243 g/mol. The highest BCUT2D eigenvalue weighted by Gasteiger charge is 2.20. The molecule has 0 saturated carbocycles. The van der Waals surface area contributed by atoms with Gasteiger partial charge in [-0.3, -0.25) is 4.98 Å². The summed E-state index contributed by atoms with van der Waals surface area (Å²) in [6.07, 6.45) is 1.84. The van der Waals surface area contributed by atoms with Gasteiger partial charge in [0.2, 0.25) is 0 Å². The molecule has 0 radical (unpaired) electrons. The van der Waals surface area contributed by atoms with Gasteiger partial charge < -0.3 is 15.3 Å². The van der Waals surface area contributed by atoms with Gasteiger partial charge in [-0.05, 0) is 36.9 Å². The Labute approximate surface area is 106 Å². The van der Waals surface area contributed by atoms with Crippen molar-refractivity contribution in [3.8, 4) is 5.75 Å². The fourth-order valence-corrected chi connectivity index (χ4v) is 2.56. The molecule has 0 bridgehead atoms. The fourth-order valence-electron chi connectivity index (χ4n) is 2.56. The monoisotopic (exact) mass is 243 g/mol. The summed E-state index contributed by atoms with van der Waals surface area (Å²) < 4.78 is 0. The standard InChI is InChI=1S/C14H17N3O/c1-17-7-6-16-14(9-17)11-4-5-15-13-3-2-10(18)8-12(11)13/h2-5,8,14,16,18H,6-7,9H2,1H3. The van der Waals surface area contributed by atoms with Crippen LogP contribution in [-0.2, 0) is 0 Å². The van der Waals surface area contributed by atoms with Crippen molar-refractivity contribution in [2.24, 2.45) is 0 Å². The molecular formula is C14H17N3O. The van der Waals surface area contributed by atoms with Crippen molar-refractivity contribution < 1.29 is 5.11 Å². The van der Waals surface area contributed by atoms with E-state index in [2.05, 4.69) is 22.2 Å². The van der Waals surface area contributed by atoms with E-state index < -0.39 is 0 Å². The van der Waals surface area contributed by atoms with Crippen LogP contribution in [0.15, 0.2) is 30.5 Å². The highest BCUT2D eigenvalue weighted by atomic mass is 16.3. The second kappa shape index (κ2) is 4.55. The van der Waals surface area contributed by atoms with Crippen molar-refractivity contribution in [2.45, 2.75) is 6.04 Å². The molecule has 0 spiro atoms. The van der Waals surface area contributed by atoms with Gasteiger partial charge in [-0.2, -0.15) is 0 Å². The predicted octanol–water partition coefficient (Wildman–Crippen LogP) is 1.52. The Balaban J connectivity index is 2.07. The summed E-state index contributed by atoms with van der Waals surface area (Å²) >= 11 is 0. The highest BCUT2D eigenvalue weighted by molar-refractivity contribution is 5.83. The third-order valence-corrected chi connectivity index (χ3v) is 3.51. The van der Waals surface area contributed by atoms with Crippen LogP contribution >= 0.6 is 0 Å². The molecule has 4 heteroatoms. The van der Waals surface area contributed by atoms with Crippen molar-refractivity contribution in [1.29, 1.82) is 0 Å². The molecule has 1 aromatic carbocycles. The molecule has 1 unspecified atom stereocenters. The first kappa shape index (κ1) is 11.4. The van der Waals surface area contributed by atoms with Crippen LogP contribution in [0.4, 0.5) is 0 Å². The van der Waals surface area contributed by atoms with E-state index in [0.29, 0.717) is 11.8 Å². The van der Waals surface area contributed by atoms with E-state index in [1.807, 2.05) is 18.3 Å². The zero-order valence-electron chi connectivity index (χ0n) is 10.4. The molecule has 0 aliphatic carbocycles. The van der Waals surface area contributed by atoms with Crippen LogP contribution in [-0.4, -0.2) is 41.7 Å². The van der Waals surface area contributed by atoms with Gasteiger partial charge in [-0.25, -0.2) is 0 Å². The molecule has 1 saturated heterocycles. The summed E-state index contributed by atoms with van der Waals surface area (Å²) in [5.41, 5.74) is 2.14. The van der Waals surface area contributed by atoms with Gasteiger partial charge >= 0.3 is 0 Å². The molecule has 1 aliphatic heterocycles. The minimum Gasteiger partial charge on any atom is -0.508 e. The van der Waals surface area contributed by atoms with E-state index >= 15 is 0 Å². The molecule has 1 fully saturated rings. The predicted molar refractivity (Wildman–Crippen MR) is 71.6 cm³/mol. The minimum atomic E-state index is 0.293. The summed E-state index contributed by atoms with van der Waals surface area (Å²) in [5, 5.41) is 14.2. The molecule has 94 valence electrons. The van der Waals surface area contributed by atoms with E-state index in [1.165, 1.54) is 5.56 Å². The van der Waals surface area contributed by atoms with Crippen molar-refractivity contribution in [3.05, 3.63) is 36.0 Å². The van der Waals surface area contributed by atoms with Crippen molar-refractivity contribution >= 4 is 10.9 Å². The number of fused-ring (bicyclic) bond motifs is 1. The topological polar surface area (TPSA) is 48.4 Å². The van der Waals surface area contributed by atoms with Crippen LogP contribution in [0.1, 0.15) is 11.6 Å². The molecule has 18 heavy (non-hydrogen) atoms. The smallest absolute Gasteiger partial charge is 0.116 e. The van der Waals surface area contributed by atoms with E-state index in [9.17, 15) is 5.11 Å². The average Bonchev–Trinajstić information content (AvgIpc) is 2.38. The van der Waals surface area contributed by atoms with Gasteiger partial charge in [0.25, 0.3) is 0 Å². The van der Waals surface area contributed by atoms with E-state index in [0.717, 1.165) is 30.5 Å². The van der Waals surface area contributed by atoms with Crippen LogP contribution < -0.4 is 5.32 Å². The number of piperazine rings is 1. The van der Waals surface area contributed by atoms with Crippen LogP contribution in [0.2, 0.25) is 0 Å². The second-order valence-corrected chi connectivity index (χ2v) is 4.87. The molecule has 2 heterocycles. The number of likely N-dealkylation sites (N-methyl/N-ethyl adjacent to an activating group) is 1. The molecule has 0 amide bonds. The third-order valence-electron chi connectivity index (χ3n) is 3.51. The summed E-state index contributed by atoms with van der Waals surface area (Å²) in [4.78, 5) is 6.66. The van der Waals surface area contributed by atoms with E-state index in [1.54, 1.807) is 12.1 Å². The van der Waals surface area contributed by atoms with Crippen molar-refractivity contribution in [2.75, 3.05) is 26.7 Å². The summed E-state index contributed by atoms with van der Waals surface area (Å²) in [6, 6.07) is 7.68. The summed E-state index contributed by atoms with van der Waals surface area (Å²) in [5.74, 6) is 0.293. The zero-order valence-corrected chi connectivity index (χ0v) is 10.4. The number of nitrogens with one attached hydrogen (secondary N) is 1. The lowest BCUT2D eigenvalue weighted by atomic mass is 10.00. The van der Waals surface area contributed by atoms with Crippen molar-refractivity contribution in [1.82, 2.24) is 15.2 Å². The lowest BCUT2D eigenvalue weighted by molar-refractivity contribution is 0.241. The number of aromatic nitrogens is 1. The maximum Gasteiger partial charge on any atom is 0.116 e. The van der Waals surface area contributed by atoms with Crippen LogP contribution in [0.3, 0.4) is 0 Å². The quantitative estimate of drug-likeness (QED) is 0.797. The molecule has 2 N–H and O–H groups in total. The van der Waals surface area contributed by atoms with Gasteiger partial charge in [-0.1, -0.05) is 0 Å². The number of phenolic OH excluding ortho intramolecular Hbond substituents is 1. The van der Waals surface area contributed by atoms with Gasteiger partial charge in [0.15, 0.2) is 0 Å². The van der Waals surface area contributed by atoms with Gasteiger partial charge in [0, 0.05) is 37.3 Å². The lowest BCUT2D eigenvalue weighted by Gasteiger charge is -2.31. The largest absolute Gasteiger partial charge is 0.508 e. The molecule has 1 aliphatic rings. The Bertz CT molecular complexity index is 570. The van der Waals surface area contributed by atoms with Crippen LogP contribution in [0.5, 0.6) is 5.75 Å². The zero-order chi connectivity index (χ0) is 12.5. The third kappa shape index (κ3) is 2.05. The number of phenols is 1. The first-order valence-corrected chi connectivity index (χ1v) is 6.23. The number of hydrogen-bond donors (Lipinski definition) is 2. The van der Waals surface area contributed by atoms with E-state index in [-0.39, 0.29) is 0 Å². The maximum absolute atomic E-state index is 9.65. The molecule has 3 rings (SSSR count). The Hall–Kier alpha value is -1.65. The fraction of sp³-hybridized carbons (Fsp3) is 0.357. The molecule has 1 atom stereocenters. The Morgan fingerprint density at radius 1 is 1.39 bits per heavy atom. The van der Waals surface area contributed by atoms with Gasteiger partial charge in [0.1, 0.15) is 5.75 Å². The summed E-state index contributed by atoms with van der Waals surface area (Å²) in [6.45, 7) is 3.04. The summed E-state index contributed by atoms with van der Waals surface area (Å²) in [7, 11) is 2.13. The molecule has 4 nitrogen and oxygen atoms in total. The van der Waals surface area contributed by atoms with Gasteiger partial charge in [0.05, 0.1) is 5.52 Å². The number of aromatic hydroxyl groups is 1. The Kier molecular flexibility index (Phi) is 2.89. The first-order valence-electron chi connectivity index (χ1n) is 6.23. The van der Waals surface area contributed by atoms with Crippen molar-refractivity contribution in [3.63, 3.8) is 0 Å². The number of benzene rings is 1. The maximum atomic E-state index is 9.65. The molecule has 1 aromatic heterocycles. The number of rotatable bonds is 1. The van der Waals surface area contributed by atoms with Crippen LogP contribution in [0, 0.1) is 0 Å². The Morgan fingerprint density at radius 3 is 3.11 bits per heavy atom. The minimum absolute atomic E-state index is 0.293. The number of hydrogen-bond acceptors (Lipinski definition) is 4. The normalized spacial score (nSPS) is 21.3.